The number of aromatic nitrogens is 2. The Kier molecular flexibility index (Phi) is 7.14. The zero-order valence-corrected chi connectivity index (χ0v) is 18.9. The zero-order valence-electron chi connectivity index (χ0n) is 17.3. The van der Waals surface area contributed by atoms with E-state index in [-0.39, 0.29) is 28.4 Å². The van der Waals surface area contributed by atoms with E-state index in [4.69, 9.17) is 0 Å². The van der Waals surface area contributed by atoms with E-state index >= 15 is 0 Å². The second kappa shape index (κ2) is 9.63. The fourth-order valence-corrected chi connectivity index (χ4v) is 4.65. The molecule has 0 bridgehead atoms. The lowest BCUT2D eigenvalue weighted by atomic mass is 10.2. The van der Waals surface area contributed by atoms with Crippen molar-refractivity contribution in [1.29, 1.82) is 0 Å². The summed E-state index contributed by atoms with van der Waals surface area (Å²) in [5.74, 6) is -0.446. The number of sulfonamides is 1. The van der Waals surface area contributed by atoms with Crippen molar-refractivity contribution < 1.29 is 17.6 Å². The van der Waals surface area contributed by atoms with Gasteiger partial charge < -0.3 is 10.3 Å². The van der Waals surface area contributed by atoms with Crippen LogP contribution in [0.2, 0.25) is 0 Å². The van der Waals surface area contributed by atoms with E-state index in [2.05, 4.69) is 15.3 Å². The van der Waals surface area contributed by atoms with Gasteiger partial charge in [0, 0.05) is 18.8 Å². The summed E-state index contributed by atoms with van der Waals surface area (Å²) in [6.45, 7) is 3.59. The number of carbonyl (C=O) groups excluding carboxylic acids is 1. The van der Waals surface area contributed by atoms with Crippen LogP contribution in [0.25, 0.3) is 11.3 Å². The van der Waals surface area contributed by atoms with Gasteiger partial charge in [-0.25, -0.2) is 17.8 Å². The Labute approximate surface area is 185 Å². The summed E-state index contributed by atoms with van der Waals surface area (Å²) in [7, 11) is -2.04. The highest BCUT2D eigenvalue weighted by molar-refractivity contribution is 7.99. The van der Waals surface area contributed by atoms with Crippen LogP contribution in [0.5, 0.6) is 0 Å². The standard InChI is InChI=1S/C21H23FN4O3S2/c1-14(2)26(3)31(28,29)18-10-8-17(9-11-18)24-20(27)13-30-21-23-12-19(25-21)15-4-6-16(22)7-5-15/h4-12,14H,13H2,1-3H3,(H,23,25)(H,24,27). The molecule has 0 spiro atoms. The number of aromatic amines is 1. The van der Waals surface area contributed by atoms with Crippen molar-refractivity contribution in [2.75, 3.05) is 18.1 Å². The number of rotatable bonds is 8. The van der Waals surface area contributed by atoms with Crippen LogP contribution in [0.4, 0.5) is 10.1 Å². The molecule has 0 atom stereocenters. The van der Waals surface area contributed by atoms with Crippen LogP contribution in [-0.4, -0.2) is 47.4 Å². The van der Waals surface area contributed by atoms with Gasteiger partial charge in [-0.1, -0.05) is 11.8 Å². The first-order valence-corrected chi connectivity index (χ1v) is 11.9. The monoisotopic (exact) mass is 462 g/mol. The summed E-state index contributed by atoms with van der Waals surface area (Å²) < 4.78 is 39.3. The van der Waals surface area contributed by atoms with Gasteiger partial charge in [0.05, 0.1) is 22.5 Å². The smallest absolute Gasteiger partial charge is 0.243 e. The fraction of sp³-hybridized carbons (Fsp3) is 0.238. The minimum atomic E-state index is -3.57. The van der Waals surface area contributed by atoms with Gasteiger partial charge >= 0.3 is 0 Å². The van der Waals surface area contributed by atoms with E-state index in [9.17, 15) is 17.6 Å². The van der Waals surface area contributed by atoms with Crippen molar-refractivity contribution in [3.63, 3.8) is 0 Å². The molecule has 0 saturated carbocycles. The Hall–Kier alpha value is -2.69. The second-order valence-electron chi connectivity index (χ2n) is 7.09. The van der Waals surface area contributed by atoms with Gasteiger partial charge in [-0.2, -0.15) is 4.31 Å². The van der Waals surface area contributed by atoms with Crippen LogP contribution < -0.4 is 5.32 Å². The number of hydrogen-bond acceptors (Lipinski definition) is 5. The minimum Gasteiger partial charge on any atom is -0.333 e. The highest BCUT2D eigenvalue weighted by Gasteiger charge is 2.22. The molecule has 0 unspecified atom stereocenters. The van der Waals surface area contributed by atoms with E-state index in [0.717, 1.165) is 11.3 Å². The number of nitrogens with zero attached hydrogens (tertiary/aromatic N) is 2. The average Bonchev–Trinajstić information content (AvgIpc) is 3.21. The van der Waals surface area contributed by atoms with Crippen LogP contribution >= 0.6 is 11.8 Å². The molecule has 0 aliphatic heterocycles. The first-order valence-electron chi connectivity index (χ1n) is 9.48. The van der Waals surface area contributed by atoms with Crippen LogP contribution in [-0.2, 0) is 14.8 Å². The van der Waals surface area contributed by atoms with Gasteiger partial charge in [0.15, 0.2) is 5.16 Å². The van der Waals surface area contributed by atoms with E-state index in [1.807, 2.05) is 0 Å². The third-order valence-electron chi connectivity index (χ3n) is 4.59. The van der Waals surface area contributed by atoms with Crippen molar-refractivity contribution >= 4 is 33.4 Å². The molecule has 0 radical (unpaired) electrons. The van der Waals surface area contributed by atoms with E-state index in [1.165, 1.54) is 47.4 Å². The number of imidazole rings is 1. The largest absolute Gasteiger partial charge is 0.333 e. The van der Waals surface area contributed by atoms with Crippen molar-refractivity contribution in [1.82, 2.24) is 14.3 Å². The van der Waals surface area contributed by atoms with E-state index < -0.39 is 10.0 Å². The van der Waals surface area contributed by atoms with Gasteiger partial charge in [-0.15, -0.1) is 0 Å². The summed E-state index contributed by atoms with van der Waals surface area (Å²) in [5, 5.41) is 3.30. The lowest BCUT2D eigenvalue weighted by Crippen LogP contribution is -2.33. The normalized spacial score (nSPS) is 11.8. The maximum atomic E-state index is 13.0. The summed E-state index contributed by atoms with van der Waals surface area (Å²) in [6.07, 6.45) is 1.63. The third kappa shape index (κ3) is 5.72. The Morgan fingerprint density at radius 3 is 2.42 bits per heavy atom. The van der Waals surface area contributed by atoms with E-state index in [1.54, 1.807) is 44.3 Å². The molecule has 2 N–H and O–H groups in total. The maximum absolute atomic E-state index is 13.0. The van der Waals surface area contributed by atoms with Crippen LogP contribution in [0.15, 0.2) is 64.8 Å². The number of nitrogens with one attached hydrogen (secondary N) is 2. The summed E-state index contributed by atoms with van der Waals surface area (Å²) in [6, 6.07) is 11.9. The number of anilines is 1. The lowest BCUT2D eigenvalue weighted by Gasteiger charge is -2.21. The molecular formula is C21H23FN4O3S2. The molecule has 0 fully saturated rings. The predicted octanol–water partition coefficient (Wildman–Crippen LogP) is 3.98. The molecule has 10 heteroatoms. The number of benzene rings is 2. The third-order valence-corrected chi connectivity index (χ3v) is 7.53. The first-order chi connectivity index (χ1) is 14.7. The Bertz CT molecular complexity index is 1140. The van der Waals surface area contributed by atoms with Crippen molar-refractivity contribution in [2.45, 2.75) is 29.9 Å². The van der Waals surface area contributed by atoms with Crippen molar-refractivity contribution in [2.24, 2.45) is 0 Å². The molecule has 0 saturated heterocycles. The SMILES string of the molecule is CC(C)N(C)S(=O)(=O)c1ccc(NC(=O)CSc2ncc(-c3ccc(F)cc3)[nH]2)cc1. The quantitative estimate of drug-likeness (QED) is 0.494. The molecule has 1 amide bonds. The molecule has 31 heavy (non-hydrogen) atoms. The number of carbonyl (C=O) groups is 1. The molecule has 3 rings (SSSR count). The Morgan fingerprint density at radius 2 is 1.81 bits per heavy atom. The molecule has 0 aliphatic rings. The molecule has 1 aromatic heterocycles. The molecule has 1 heterocycles. The number of halogens is 1. The molecule has 2 aromatic carbocycles. The van der Waals surface area contributed by atoms with Crippen molar-refractivity contribution in [3.05, 3.63) is 60.5 Å². The van der Waals surface area contributed by atoms with E-state index in [0.29, 0.717) is 10.8 Å². The Morgan fingerprint density at radius 1 is 1.16 bits per heavy atom. The van der Waals surface area contributed by atoms with Crippen LogP contribution in [0.3, 0.4) is 0 Å². The predicted molar refractivity (Wildman–Crippen MR) is 120 cm³/mol. The van der Waals surface area contributed by atoms with Crippen molar-refractivity contribution in [3.8, 4) is 11.3 Å². The van der Waals surface area contributed by atoms with Crippen LogP contribution in [0, 0.1) is 5.82 Å². The van der Waals surface area contributed by atoms with Gasteiger partial charge in [0.25, 0.3) is 0 Å². The second-order valence-corrected chi connectivity index (χ2v) is 10.0. The molecule has 164 valence electrons. The fourth-order valence-electron chi connectivity index (χ4n) is 2.64. The highest BCUT2D eigenvalue weighted by Crippen LogP contribution is 2.22. The van der Waals surface area contributed by atoms with Crippen LogP contribution in [0.1, 0.15) is 13.8 Å². The highest BCUT2D eigenvalue weighted by atomic mass is 32.2. The van der Waals surface area contributed by atoms with Gasteiger partial charge in [0.2, 0.25) is 15.9 Å². The summed E-state index contributed by atoms with van der Waals surface area (Å²) in [4.78, 5) is 19.7. The maximum Gasteiger partial charge on any atom is 0.243 e. The van der Waals surface area contributed by atoms with Gasteiger partial charge in [-0.05, 0) is 67.9 Å². The number of amides is 1. The molecule has 7 nitrogen and oxygen atoms in total. The summed E-state index contributed by atoms with van der Waals surface area (Å²) >= 11 is 1.23. The topological polar surface area (TPSA) is 95.2 Å². The molecule has 3 aromatic rings. The number of hydrogen-bond donors (Lipinski definition) is 2. The molecule has 0 aliphatic carbocycles. The minimum absolute atomic E-state index is 0.118. The summed E-state index contributed by atoms with van der Waals surface area (Å²) in [5.41, 5.74) is 2.03. The zero-order chi connectivity index (χ0) is 22.6. The number of thioether (sulfide) groups is 1. The average molecular weight is 463 g/mol. The van der Waals surface area contributed by atoms with Gasteiger partial charge in [0.1, 0.15) is 5.82 Å². The first kappa shape index (κ1) is 23.0. The number of H-pyrrole nitrogens is 1. The Balaban J connectivity index is 1.56. The van der Waals surface area contributed by atoms with Gasteiger partial charge in [-0.3, -0.25) is 4.79 Å². The lowest BCUT2D eigenvalue weighted by molar-refractivity contribution is -0.113. The molecular weight excluding hydrogens is 439 g/mol.